The van der Waals surface area contributed by atoms with Gasteiger partial charge in [0.1, 0.15) is 0 Å². The quantitative estimate of drug-likeness (QED) is 0.391. The predicted octanol–water partition coefficient (Wildman–Crippen LogP) is 1.19. The summed E-state index contributed by atoms with van der Waals surface area (Å²) in [4.78, 5) is 25.3. The van der Waals surface area contributed by atoms with E-state index in [1.807, 2.05) is 4.90 Å². The van der Waals surface area contributed by atoms with Crippen molar-refractivity contribution in [2.75, 3.05) is 13.1 Å². The van der Waals surface area contributed by atoms with Crippen molar-refractivity contribution >= 4 is 11.9 Å². The van der Waals surface area contributed by atoms with Gasteiger partial charge in [0.25, 0.3) is 5.79 Å². The van der Waals surface area contributed by atoms with Gasteiger partial charge in [-0.3, -0.25) is 0 Å². The number of esters is 2. The third-order valence-corrected chi connectivity index (χ3v) is 2.82. The zero-order valence-corrected chi connectivity index (χ0v) is 10.2. The molecule has 0 aromatic carbocycles. The summed E-state index contributed by atoms with van der Waals surface area (Å²) >= 11 is 0. The van der Waals surface area contributed by atoms with Gasteiger partial charge in [0.15, 0.2) is 5.57 Å². The predicted molar refractivity (Wildman–Crippen MR) is 59.8 cm³/mol. The molecule has 5 nitrogen and oxygen atoms in total. The van der Waals surface area contributed by atoms with Crippen molar-refractivity contribution in [2.24, 2.45) is 0 Å². The second kappa shape index (κ2) is 4.39. The minimum absolute atomic E-state index is 0.00812. The van der Waals surface area contributed by atoms with Crippen LogP contribution in [-0.4, -0.2) is 35.7 Å². The van der Waals surface area contributed by atoms with E-state index in [4.69, 9.17) is 9.47 Å². The minimum atomic E-state index is -1.16. The van der Waals surface area contributed by atoms with Crippen molar-refractivity contribution < 1.29 is 19.1 Å². The highest BCUT2D eigenvalue weighted by atomic mass is 16.7. The summed E-state index contributed by atoms with van der Waals surface area (Å²) in [5.74, 6) is -2.36. The maximum Gasteiger partial charge on any atom is 0.350 e. The molecule has 0 radical (unpaired) electrons. The van der Waals surface area contributed by atoms with E-state index < -0.39 is 17.7 Å². The molecule has 0 unspecified atom stereocenters. The number of carbonyl (C=O) groups excluding carboxylic acids is 2. The van der Waals surface area contributed by atoms with Crippen molar-refractivity contribution in [1.82, 2.24) is 4.90 Å². The molecular weight excluding hydrogens is 222 g/mol. The first-order chi connectivity index (χ1) is 7.98. The highest BCUT2D eigenvalue weighted by Gasteiger charge is 2.39. The first kappa shape index (κ1) is 12.0. The molecule has 17 heavy (non-hydrogen) atoms. The molecule has 2 rings (SSSR count). The third-order valence-electron chi connectivity index (χ3n) is 2.82. The number of carbonyl (C=O) groups is 2. The number of hydrogen-bond donors (Lipinski definition) is 0. The van der Waals surface area contributed by atoms with Crippen LogP contribution < -0.4 is 0 Å². The average molecular weight is 239 g/mol. The zero-order valence-electron chi connectivity index (χ0n) is 10.2. The number of cyclic esters (lactones) is 2. The van der Waals surface area contributed by atoms with Gasteiger partial charge in [-0.1, -0.05) is 0 Å². The van der Waals surface area contributed by atoms with Gasteiger partial charge in [-0.25, -0.2) is 9.59 Å². The molecular formula is C12H17NO4. The fraction of sp³-hybridized carbons (Fsp3) is 0.667. The molecule has 0 aromatic rings. The van der Waals surface area contributed by atoms with E-state index in [0.717, 1.165) is 25.9 Å². The smallest absolute Gasteiger partial charge is 0.350 e. The van der Waals surface area contributed by atoms with E-state index in [0.29, 0.717) is 0 Å². The van der Waals surface area contributed by atoms with Crippen LogP contribution in [0.5, 0.6) is 0 Å². The molecule has 94 valence electrons. The molecule has 0 amide bonds. The van der Waals surface area contributed by atoms with E-state index in [1.165, 1.54) is 6.42 Å². The molecule has 0 spiro atoms. The maximum atomic E-state index is 11.7. The summed E-state index contributed by atoms with van der Waals surface area (Å²) in [6.07, 6.45) is 4.93. The number of likely N-dealkylation sites (tertiary alicyclic amines) is 1. The van der Waals surface area contributed by atoms with Crippen LogP contribution in [0.1, 0.15) is 33.1 Å². The minimum Gasteiger partial charge on any atom is -0.419 e. The van der Waals surface area contributed by atoms with E-state index in [2.05, 4.69) is 0 Å². The Kier molecular flexibility index (Phi) is 3.09. The second-order valence-corrected chi connectivity index (χ2v) is 4.82. The Hall–Kier alpha value is -1.52. The molecule has 2 aliphatic heterocycles. The zero-order chi connectivity index (χ0) is 12.5. The van der Waals surface area contributed by atoms with E-state index in [-0.39, 0.29) is 5.57 Å². The van der Waals surface area contributed by atoms with Crippen LogP contribution in [0.2, 0.25) is 0 Å². The van der Waals surface area contributed by atoms with E-state index in [1.54, 1.807) is 20.0 Å². The molecule has 2 aliphatic rings. The molecule has 0 N–H and O–H groups in total. The van der Waals surface area contributed by atoms with Crippen LogP contribution in [0.3, 0.4) is 0 Å². The number of rotatable bonds is 1. The van der Waals surface area contributed by atoms with Crippen LogP contribution in [0.25, 0.3) is 0 Å². The fourth-order valence-electron chi connectivity index (χ4n) is 2.00. The topological polar surface area (TPSA) is 55.8 Å². The Morgan fingerprint density at radius 2 is 1.59 bits per heavy atom. The number of hydrogen-bond acceptors (Lipinski definition) is 5. The molecule has 0 saturated carbocycles. The summed E-state index contributed by atoms with van der Waals surface area (Å²) in [6.45, 7) is 4.82. The number of piperidine rings is 1. The highest BCUT2D eigenvalue weighted by Crippen LogP contribution is 2.23. The molecule has 0 bridgehead atoms. The van der Waals surface area contributed by atoms with Gasteiger partial charge in [0, 0.05) is 33.1 Å². The third kappa shape index (κ3) is 2.78. The molecule has 5 heteroatoms. The maximum absolute atomic E-state index is 11.7. The van der Waals surface area contributed by atoms with Crippen LogP contribution in [0.15, 0.2) is 11.8 Å². The first-order valence-electron chi connectivity index (χ1n) is 5.90. The lowest BCUT2D eigenvalue weighted by molar-refractivity contribution is -0.222. The summed E-state index contributed by atoms with van der Waals surface area (Å²) in [5, 5.41) is 0. The normalized spacial score (nSPS) is 24.1. The Bertz CT molecular complexity index is 345. The van der Waals surface area contributed by atoms with Gasteiger partial charge in [0.2, 0.25) is 0 Å². The van der Waals surface area contributed by atoms with E-state index in [9.17, 15) is 9.59 Å². The lowest BCUT2D eigenvalue weighted by atomic mass is 10.1. The summed E-state index contributed by atoms with van der Waals surface area (Å²) in [6, 6.07) is 0. The Labute approximate surface area is 100 Å². The van der Waals surface area contributed by atoms with Gasteiger partial charge in [-0.05, 0) is 19.3 Å². The first-order valence-corrected chi connectivity index (χ1v) is 5.90. The molecule has 2 fully saturated rings. The van der Waals surface area contributed by atoms with Crippen molar-refractivity contribution in [3.8, 4) is 0 Å². The molecule has 2 saturated heterocycles. The molecule has 2 heterocycles. The standard InChI is InChI=1S/C12H17NO4/c1-12(2)16-10(14)9(11(15)17-12)8-13-6-4-3-5-7-13/h8H,3-7H2,1-2H3. The van der Waals surface area contributed by atoms with Crippen LogP contribution >= 0.6 is 0 Å². The van der Waals surface area contributed by atoms with Gasteiger partial charge >= 0.3 is 11.9 Å². The molecule has 0 aromatic heterocycles. The second-order valence-electron chi connectivity index (χ2n) is 4.82. The SMILES string of the molecule is CC1(C)OC(=O)C(=CN2CCCCC2)C(=O)O1. The Morgan fingerprint density at radius 3 is 2.12 bits per heavy atom. The van der Waals surface area contributed by atoms with Crippen LogP contribution in [0, 0.1) is 0 Å². The molecule has 0 aliphatic carbocycles. The molecule has 0 atom stereocenters. The van der Waals surface area contributed by atoms with Gasteiger partial charge in [-0.15, -0.1) is 0 Å². The summed E-state index contributed by atoms with van der Waals surface area (Å²) in [7, 11) is 0. The van der Waals surface area contributed by atoms with Gasteiger partial charge in [-0.2, -0.15) is 0 Å². The van der Waals surface area contributed by atoms with Crippen molar-refractivity contribution in [3.63, 3.8) is 0 Å². The Balaban J connectivity index is 2.12. The summed E-state index contributed by atoms with van der Waals surface area (Å²) < 4.78 is 10.0. The average Bonchev–Trinajstić information content (AvgIpc) is 2.24. The fourth-order valence-corrected chi connectivity index (χ4v) is 2.00. The summed E-state index contributed by atoms with van der Waals surface area (Å²) in [5.41, 5.74) is -0.00812. The number of ether oxygens (including phenoxy) is 2. The largest absolute Gasteiger partial charge is 0.419 e. The Morgan fingerprint density at radius 1 is 1.06 bits per heavy atom. The lowest BCUT2D eigenvalue weighted by Crippen LogP contribution is -2.42. The lowest BCUT2D eigenvalue weighted by Gasteiger charge is -2.31. The monoisotopic (exact) mass is 239 g/mol. The van der Waals surface area contributed by atoms with Gasteiger partial charge < -0.3 is 14.4 Å². The van der Waals surface area contributed by atoms with Crippen molar-refractivity contribution in [2.45, 2.75) is 38.9 Å². The number of nitrogens with zero attached hydrogens (tertiary/aromatic N) is 1. The highest BCUT2D eigenvalue weighted by molar-refractivity contribution is 6.15. The van der Waals surface area contributed by atoms with E-state index >= 15 is 0 Å². The van der Waals surface area contributed by atoms with Crippen molar-refractivity contribution in [3.05, 3.63) is 11.8 Å². The van der Waals surface area contributed by atoms with Crippen LogP contribution in [-0.2, 0) is 19.1 Å². The van der Waals surface area contributed by atoms with Crippen LogP contribution in [0.4, 0.5) is 0 Å². The van der Waals surface area contributed by atoms with Gasteiger partial charge in [0.05, 0.1) is 0 Å². The van der Waals surface area contributed by atoms with Crippen molar-refractivity contribution in [1.29, 1.82) is 0 Å².